The first kappa shape index (κ1) is 10.3. The zero-order valence-corrected chi connectivity index (χ0v) is 9.90. The minimum atomic E-state index is 0.490. The second-order valence-electron chi connectivity index (χ2n) is 3.82. The van der Waals surface area contributed by atoms with Gasteiger partial charge in [0.25, 0.3) is 0 Å². The van der Waals surface area contributed by atoms with Crippen LogP contribution in [-0.2, 0) is 0 Å². The minimum Gasteiger partial charge on any atom is -0.454 e. The topological polar surface area (TPSA) is 38.9 Å². The summed E-state index contributed by atoms with van der Waals surface area (Å²) in [6, 6.07) is 7.96. The number of hydrogen-bond acceptors (Lipinski definition) is 3. The summed E-state index contributed by atoms with van der Waals surface area (Å²) in [5.41, 5.74) is 2.59. The maximum absolute atomic E-state index is 6.04. The van der Waals surface area contributed by atoms with E-state index in [1.54, 1.807) is 6.20 Å². The molecular weight excluding hydrogens is 236 g/mol. The smallest absolute Gasteiger partial charge is 0.155 e. The molecule has 17 heavy (non-hydrogen) atoms. The quantitative estimate of drug-likeness (QED) is 0.653. The van der Waals surface area contributed by atoms with Gasteiger partial charge in [0, 0.05) is 11.6 Å². The predicted octanol–water partition coefficient (Wildman–Crippen LogP) is 3.85. The SMILES string of the molecule is Cc1cccc2cc(-c3ncncc3Cl)oc12. The first-order valence-corrected chi connectivity index (χ1v) is 5.58. The Morgan fingerprint density at radius 2 is 2.18 bits per heavy atom. The van der Waals surface area contributed by atoms with Gasteiger partial charge in [0.05, 0.1) is 5.02 Å². The number of furan rings is 1. The summed E-state index contributed by atoms with van der Waals surface area (Å²) in [6.45, 7) is 2.01. The minimum absolute atomic E-state index is 0.490. The zero-order valence-electron chi connectivity index (χ0n) is 9.14. The highest BCUT2D eigenvalue weighted by atomic mass is 35.5. The molecule has 0 amide bonds. The maximum atomic E-state index is 6.04. The van der Waals surface area contributed by atoms with Crippen molar-refractivity contribution in [3.63, 3.8) is 0 Å². The van der Waals surface area contributed by atoms with E-state index in [2.05, 4.69) is 9.97 Å². The Morgan fingerprint density at radius 1 is 1.29 bits per heavy atom. The van der Waals surface area contributed by atoms with Gasteiger partial charge in [-0.3, -0.25) is 0 Å². The highest BCUT2D eigenvalue weighted by molar-refractivity contribution is 6.32. The van der Waals surface area contributed by atoms with E-state index in [1.165, 1.54) is 6.33 Å². The van der Waals surface area contributed by atoms with Crippen LogP contribution in [0.1, 0.15) is 5.56 Å². The van der Waals surface area contributed by atoms with Crippen molar-refractivity contribution in [2.75, 3.05) is 0 Å². The van der Waals surface area contributed by atoms with Crippen molar-refractivity contribution in [3.05, 3.63) is 47.4 Å². The maximum Gasteiger partial charge on any atom is 0.155 e. The van der Waals surface area contributed by atoms with Crippen LogP contribution >= 0.6 is 11.6 Å². The van der Waals surface area contributed by atoms with Gasteiger partial charge in [0.1, 0.15) is 17.6 Å². The Labute approximate surface area is 103 Å². The Balaban J connectivity index is 2.26. The Hall–Kier alpha value is -1.87. The van der Waals surface area contributed by atoms with Crippen molar-refractivity contribution >= 4 is 22.6 Å². The second-order valence-corrected chi connectivity index (χ2v) is 4.23. The van der Waals surface area contributed by atoms with E-state index in [4.69, 9.17) is 16.0 Å². The first-order chi connectivity index (χ1) is 8.25. The van der Waals surface area contributed by atoms with Gasteiger partial charge < -0.3 is 4.42 Å². The highest BCUT2D eigenvalue weighted by Gasteiger charge is 2.11. The van der Waals surface area contributed by atoms with E-state index in [0.717, 1.165) is 16.5 Å². The van der Waals surface area contributed by atoms with Crippen LogP contribution in [0.5, 0.6) is 0 Å². The van der Waals surface area contributed by atoms with Crippen LogP contribution in [0.15, 0.2) is 41.2 Å². The van der Waals surface area contributed by atoms with Gasteiger partial charge in [-0.1, -0.05) is 29.8 Å². The molecule has 3 aromatic rings. The van der Waals surface area contributed by atoms with E-state index < -0.39 is 0 Å². The van der Waals surface area contributed by atoms with E-state index in [9.17, 15) is 0 Å². The monoisotopic (exact) mass is 244 g/mol. The Bertz CT molecular complexity index is 691. The zero-order chi connectivity index (χ0) is 11.8. The fourth-order valence-electron chi connectivity index (χ4n) is 1.82. The van der Waals surface area contributed by atoms with Gasteiger partial charge in [-0.25, -0.2) is 9.97 Å². The summed E-state index contributed by atoms with van der Waals surface area (Å²) in [5.74, 6) is 0.668. The largest absolute Gasteiger partial charge is 0.454 e. The lowest BCUT2D eigenvalue weighted by molar-refractivity contribution is 0.626. The third-order valence-electron chi connectivity index (χ3n) is 2.64. The second kappa shape index (κ2) is 3.86. The number of rotatable bonds is 1. The highest BCUT2D eigenvalue weighted by Crippen LogP contribution is 2.31. The number of benzene rings is 1. The van der Waals surface area contributed by atoms with Crippen molar-refractivity contribution in [1.29, 1.82) is 0 Å². The standard InChI is InChI=1S/C13H9ClN2O/c1-8-3-2-4-9-5-11(17-13(8)9)12-10(14)6-15-7-16-12/h2-7H,1H3. The number of aromatic nitrogens is 2. The number of halogens is 1. The predicted molar refractivity (Wildman–Crippen MR) is 67.0 cm³/mol. The number of hydrogen-bond donors (Lipinski definition) is 0. The van der Waals surface area contributed by atoms with Gasteiger partial charge in [-0.15, -0.1) is 0 Å². The normalized spacial score (nSPS) is 10.9. The van der Waals surface area contributed by atoms with E-state index >= 15 is 0 Å². The molecular formula is C13H9ClN2O. The van der Waals surface area contributed by atoms with Gasteiger partial charge in [-0.05, 0) is 18.6 Å². The van der Waals surface area contributed by atoms with E-state index in [0.29, 0.717) is 16.5 Å². The molecule has 0 radical (unpaired) electrons. The molecule has 0 atom stereocenters. The molecule has 2 heterocycles. The molecule has 1 aromatic carbocycles. The molecule has 0 saturated heterocycles. The third kappa shape index (κ3) is 1.68. The molecule has 0 aliphatic heterocycles. The molecule has 0 N–H and O–H groups in total. The van der Waals surface area contributed by atoms with Crippen molar-refractivity contribution < 1.29 is 4.42 Å². The van der Waals surface area contributed by atoms with Crippen LogP contribution in [0.25, 0.3) is 22.4 Å². The number of fused-ring (bicyclic) bond motifs is 1. The van der Waals surface area contributed by atoms with Crippen LogP contribution in [0.3, 0.4) is 0 Å². The summed E-state index contributed by atoms with van der Waals surface area (Å²) in [4.78, 5) is 7.99. The summed E-state index contributed by atoms with van der Waals surface area (Å²) in [7, 11) is 0. The molecule has 2 aromatic heterocycles. The van der Waals surface area contributed by atoms with Crippen molar-refractivity contribution in [2.24, 2.45) is 0 Å². The molecule has 3 nitrogen and oxygen atoms in total. The van der Waals surface area contributed by atoms with Crippen molar-refractivity contribution in [2.45, 2.75) is 6.92 Å². The first-order valence-electron chi connectivity index (χ1n) is 5.21. The number of aryl methyl sites for hydroxylation is 1. The Kier molecular flexibility index (Phi) is 2.34. The van der Waals surface area contributed by atoms with Crippen molar-refractivity contribution in [1.82, 2.24) is 9.97 Å². The molecule has 84 valence electrons. The average Bonchev–Trinajstić information content (AvgIpc) is 2.75. The van der Waals surface area contributed by atoms with Gasteiger partial charge in [-0.2, -0.15) is 0 Å². The molecule has 4 heteroatoms. The number of para-hydroxylation sites is 1. The molecule has 0 spiro atoms. The lowest BCUT2D eigenvalue weighted by atomic mass is 10.2. The molecule has 0 saturated carbocycles. The van der Waals surface area contributed by atoms with Crippen molar-refractivity contribution in [3.8, 4) is 11.5 Å². The van der Waals surface area contributed by atoms with Crippen LogP contribution in [0, 0.1) is 6.92 Å². The fourth-order valence-corrected chi connectivity index (χ4v) is 2.02. The molecule has 0 unspecified atom stereocenters. The van der Waals surface area contributed by atoms with E-state index in [-0.39, 0.29) is 0 Å². The Morgan fingerprint density at radius 3 is 2.94 bits per heavy atom. The molecule has 0 fully saturated rings. The average molecular weight is 245 g/mol. The van der Waals surface area contributed by atoms with Gasteiger partial charge in [0.15, 0.2) is 5.76 Å². The summed E-state index contributed by atoms with van der Waals surface area (Å²) in [6.07, 6.45) is 3.02. The summed E-state index contributed by atoms with van der Waals surface area (Å²) >= 11 is 6.04. The summed E-state index contributed by atoms with van der Waals surface area (Å²) < 4.78 is 5.79. The van der Waals surface area contributed by atoms with Crippen LogP contribution < -0.4 is 0 Å². The lowest BCUT2D eigenvalue weighted by Crippen LogP contribution is -1.83. The third-order valence-corrected chi connectivity index (χ3v) is 2.92. The van der Waals surface area contributed by atoms with Gasteiger partial charge in [0.2, 0.25) is 0 Å². The van der Waals surface area contributed by atoms with Crippen LogP contribution in [-0.4, -0.2) is 9.97 Å². The summed E-state index contributed by atoms with van der Waals surface area (Å²) in [5, 5.41) is 1.54. The molecule has 3 rings (SSSR count). The molecule has 0 aliphatic rings. The lowest BCUT2D eigenvalue weighted by Gasteiger charge is -1.97. The van der Waals surface area contributed by atoms with Crippen LogP contribution in [0.2, 0.25) is 5.02 Å². The van der Waals surface area contributed by atoms with Gasteiger partial charge >= 0.3 is 0 Å². The van der Waals surface area contributed by atoms with E-state index in [1.807, 2.05) is 31.2 Å². The number of nitrogens with zero attached hydrogens (tertiary/aromatic N) is 2. The molecule has 0 aliphatic carbocycles. The van der Waals surface area contributed by atoms with Crippen LogP contribution in [0.4, 0.5) is 0 Å². The fraction of sp³-hybridized carbons (Fsp3) is 0.0769. The molecule has 0 bridgehead atoms.